The van der Waals surface area contributed by atoms with Crippen molar-refractivity contribution < 1.29 is 9.72 Å². The molecule has 2 heterocycles. The van der Waals surface area contributed by atoms with Crippen LogP contribution in [0.3, 0.4) is 0 Å². The van der Waals surface area contributed by atoms with Gasteiger partial charge in [0.25, 0.3) is 5.91 Å². The molecule has 16 heavy (non-hydrogen) atoms. The Morgan fingerprint density at radius 2 is 2.38 bits per heavy atom. The average Bonchev–Trinajstić information content (AvgIpc) is 2.86. The Balaban J connectivity index is 2.12. The van der Waals surface area contributed by atoms with Crippen LogP contribution in [0, 0.1) is 10.1 Å². The van der Waals surface area contributed by atoms with Gasteiger partial charge >= 0.3 is 5.00 Å². The third-order valence-corrected chi connectivity index (χ3v) is 2.76. The van der Waals surface area contributed by atoms with Gasteiger partial charge in [0, 0.05) is 18.5 Å². The van der Waals surface area contributed by atoms with Crippen molar-refractivity contribution in [3.8, 4) is 0 Å². The second-order valence-corrected chi connectivity index (χ2v) is 3.85. The van der Waals surface area contributed by atoms with E-state index in [0.29, 0.717) is 5.95 Å². The van der Waals surface area contributed by atoms with Gasteiger partial charge in [-0.15, -0.1) is 0 Å². The van der Waals surface area contributed by atoms with Gasteiger partial charge in [0.05, 0.1) is 9.80 Å². The van der Waals surface area contributed by atoms with Crippen molar-refractivity contribution in [2.75, 3.05) is 5.32 Å². The molecule has 8 heteroatoms. The average molecular weight is 238 g/mol. The van der Waals surface area contributed by atoms with Crippen LogP contribution in [0.4, 0.5) is 10.9 Å². The van der Waals surface area contributed by atoms with Crippen molar-refractivity contribution in [1.29, 1.82) is 0 Å². The van der Waals surface area contributed by atoms with Gasteiger partial charge in [0.1, 0.15) is 0 Å². The summed E-state index contributed by atoms with van der Waals surface area (Å²) in [5.41, 5.74) is 0. The van der Waals surface area contributed by atoms with Gasteiger partial charge in [-0.2, -0.15) is 0 Å². The summed E-state index contributed by atoms with van der Waals surface area (Å²) < 4.78 is 0. The van der Waals surface area contributed by atoms with Crippen LogP contribution in [0.25, 0.3) is 0 Å². The second kappa shape index (κ2) is 4.11. The molecule has 0 unspecified atom stereocenters. The van der Waals surface area contributed by atoms with E-state index in [9.17, 15) is 14.9 Å². The molecule has 0 bridgehead atoms. The number of rotatable bonds is 3. The number of imidazole rings is 1. The maximum absolute atomic E-state index is 11.6. The molecule has 0 fully saturated rings. The van der Waals surface area contributed by atoms with Gasteiger partial charge in [-0.25, -0.2) is 4.98 Å². The van der Waals surface area contributed by atoms with Gasteiger partial charge in [-0.05, 0) is 6.07 Å². The predicted octanol–water partition coefficient (Wildman–Crippen LogP) is 1.63. The summed E-state index contributed by atoms with van der Waals surface area (Å²) in [6, 6.07) is 2.70. The number of nitrogens with one attached hydrogen (secondary N) is 2. The van der Waals surface area contributed by atoms with Crippen molar-refractivity contribution in [3.05, 3.63) is 39.5 Å². The molecule has 0 saturated heterocycles. The number of aromatic nitrogens is 2. The zero-order chi connectivity index (χ0) is 11.5. The van der Waals surface area contributed by atoms with Crippen molar-refractivity contribution in [2.45, 2.75) is 0 Å². The molecule has 0 aliphatic carbocycles. The first-order valence-corrected chi connectivity index (χ1v) is 5.03. The van der Waals surface area contributed by atoms with Crippen LogP contribution in [-0.4, -0.2) is 20.8 Å². The van der Waals surface area contributed by atoms with E-state index in [0.717, 1.165) is 11.3 Å². The molecule has 0 spiro atoms. The number of hydrogen-bond acceptors (Lipinski definition) is 5. The summed E-state index contributed by atoms with van der Waals surface area (Å²) in [5.74, 6) is -0.117. The van der Waals surface area contributed by atoms with Crippen LogP contribution in [0.1, 0.15) is 9.67 Å². The Hall–Kier alpha value is -2.22. The highest BCUT2D eigenvalue weighted by molar-refractivity contribution is 7.17. The van der Waals surface area contributed by atoms with Crippen LogP contribution in [0.5, 0.6) is 0 Å². The number of nitrogens with zero attached hydrogens (tertiary/aromatic N) is 2. The number of anilines is 1. The van der Waals surface area contributed by atoms with E-state index in [1.807, 2.05) is 0 Å². The number of nitro groups is 1. The van der Waals surface area contributed by atoms with Crippen molar-refractivity contribution in [2.24, 2.45) is 0 Å². The summed E-state index contributed by atoms with van der Waals surface area (Å²) in [5, 5.41) is 12.8. The van der Waals surface area contributed by atoms with E-state index in [1.165, 1.54) is 18.3 Å². The van der Waals surface area contributed by atoms with Crippen molar-refractivity contribution in [1.82, 2.24) is 9.97 Å². The van der Waals surface area contributed by atoms with E-state index in [4.69, 9.17) is 0 Å². The van der Waals surface area contributed by atoms with Crippen LogP contribution < -0.4 is 5.32 Å². The van der Waals surface area contributed by atoms with Crippen LogP contribution in [0.15, 0.2) is 24.5 Å². The van der Waals surface area contributed by atoms with E-state index < -0.39 is 10.8 Å². The standard InChI is InChI=1S/C8H6N4O3S/c13-7(11-8-9-3-4-10-8)5-1-2-6(16-5)12(14)15/h1-4H,(H2,9,10,11,13). The quantitative estimate of drug-likeness (QED) is 0.626. The maximum atomic E-state index is 11.6. The topological polar surface area (TPSA) is 101 Å². The normalized spacial score (nSPS) is 10.0. The molecule has 7 nitrogen and oxygen atoms in total. The fourth-order valence-electron chi connectivity index (χ4n) is 1.05. The molecule has 0 saturated carbocycles. The van der Waals surface area contributed by atoms with E-state index in [2.05, 4.69) is 15.3 Å². The largest absolute Gasteiger partial charge is 0.331 e. The SMILES string of the molecule is O=C(Nc1ncc[nH]1)c1ccc([N+](=O)[O-])s1. The lowest BCUT2D eigenvalue weighted by Crippen LogP contribution is -2.11. The first kappa shape index (κ1) is 10.3. The van der Waals surface area contributed by atoms with Crippen LogP contribution in [-0.2, 0) is 0 Å². The maximum Gasteiger partial charge on any atom is 0.324 e. The van der Waals surface area contributed by atoms with Gasteiger partial charge in [0.15, 0.2) is 0 Å². The molecular formula is C8H6N4O3S. The summed E-state index contributed by atoms with van der Waals surface area (Å²) in [6.45, 7) is 0. The lowest BCUT2D eigenvalue weighted by molar-refractivity contribution is -0.380. The third kappa shape index (κ3) is 2.06. The fraction of sp³-hybridized carbons (Fsp3) is 0. The smallest absolute Gasteiger partial charge is 0.324 e. The number of hydrogen-bond donors (Lipinski definition) is 2. The molecule has 0 atom stereocenters. The van der Waals surface area contributed by atoms with Crippen molar-refractivity contribution >= 4 is 28.2 Å². The molecule has 2 rings (SSSR count). The summed E-state index contributed by atoms with van der Waals surface area (Å²) >= 11 is 0.818. The van der Waals surface area contributed by atoms with Gasteiger partial charge in [-0.3, -0.25) is 20.2 Å². The third-order valence-electron chi connectivity index (χ3n) is 1.73. The van der Waals surface area contributed by atoms with E-state index >= 15 is 0 Å². The van der Waals surface area contributed by atoms with Crippen LogP contribution >= 0.6 is 11.3 Å². The molecule has 0 aromatic carbocycles. The van der Waals surface area contributed by atoms with Gasteiger partial charge in [0.2, 0.25) is 5.95 Å². The molecule has 0 aliphatic heterocycles. The zero-order valence-electron chi connectivity index (χ0n) is 7.84. The number of H-pyrrole nitrogens is 1. The Bertz CT molecular complexity index is 519. The molecular weight excluding hydrogens is 232 g/mol. The van der Waals surface area contributed by atoms with Gasteiger partial charge in [-0.1, -0.05) is 11.3 Å². The highest BCUT2D eigenvalue weighted by Gasteiger charge is 2.15. The van der Waals surface area contributed by atoms with Crippen LogP contribution in [0.2, 0.25) is 0 Å². The first-order chi connectivity index (χ1) is 7.66. The summed E-state index contributed by atoms with van der Waals surface area (Å²) in [6.07, 6.45) is 3.05. The minimum Gasteiger partial charge on any atom is -0.331 e. The number of carbonyl (C=O) groups is 1. The van der Waals surface area contributed by atoms with E-state index in [-0.39, 0.29) is 9.88 Å². The molecule has 0 radical (unpaired) electrons. The summed E-state index contributed by atoms with van der Waals surface area (Å²) in [7, 11) is 0. The molecule has 2 aromatic heterocycles. The van der Waals surface area contributed by atoms with Crippen molar-refractivity contribution in [3.63, 3.8) is 0 Å². The molecule has 2 N–H and O–H groups in total. The Labute approximate surface area is 93.3 Å². The second-order valence-electron chi connectivity index (χ2n) is 2.79. The Morgan fingerprint density at radius 1 is 1.56 bits per heavy atom. The highest BCUT2D eigenvalue weighted by atomic mass is 32.1. The highest BCUT2D eigenvalue weighted by Crippen LogP contribution is 2.24. The van der Waals surface area contributed by atoms with E-state index in [1.54, 1.807) is 6.20 Å². The molecule has 82 valence electrons. The number of thiophene rings is 1. The molecule has 1 amide bonds. The lowest BCUT2D eigenvalue weighted by Gasteiger charge is -1.96. The first-order valence-electron chi connectivity index (χ1n) is 4.22. The molecule has 2 aromatic rings. The number of amides is 1. The number of aromatic amines is 1. The molecule has 0 aliphatic rings. The number of carbonyl (C=O) groups excluding carboxylic acids is 1. The fourth-order valence-corrected chi connectivity index (χ4v) is 1.77. The minimum atomic E-state index is -0.533. The van der Waals surface area contributed by atoms with Gasteiger partial charge < -0.3 is 4.98 Å². The lowest BCUT2D eigenvalue weighted by atomic mass is 10.4. The predicted molar refractivity (Wildman–Crippen MR) is 57.5 cm³/mol. The minimum absolute atomic E-state index is 0.0652. The Morgan fingerprint density at radius 3 is 2.94 bits per heavy atom. The monoisotopic (exact) mass is 238 g/mol. The zero-order valence-corrected chi connectivity index (χ0v) is 8.65. The summed E-state index contributed by atoms with van der Waals surface area (Å²) in [4.78, 5) is 28.2. The Kier molecular flexibility index (Phi) is 2.64.